The van der Waals surface area contributed by atoms with E-state index in [4.69, 9.17) is 5.84 Å². The van der Waals surface area contributed by atoms with Gasteiger partial charge in [0, 0.05) is 13.1 Å². The minimum atomic E-state index is 0.338. The van der Waals surface area contributed by atoms with Gasteiger partial charge < -0.3 is 5.32 Å². The number of hydrogen-bond donors (Lipinski definition) is 3. The van der Waals surface area contributed by atoms with Crippen LogP contribution in [0.25, 0.3) is 0 Å². The van der Waals surface area contributed by atoms with Crippen molar-refractivity contribution in [2.24, 2.45) is 16.3 Å². The standard InChI is InChI=1S/C10H22N4/c1-10(2)7-5-4-6-8(10)13-9(12-3)14-11/h8H,4-7,11H2,1-3H3,(H2,12,13,14). The van der Waals surface area contributed by atoms with Crippen molar-refractivity contribution in [1.82, 2.24) is 10.7 Å². The summed E-state index contributed by atoms with van der Waals surface area (Å²) in [4.78, 5) is 4.04. The van der Waals surface area contributed by atoms with E-state index in [2.05, 4.69) is 29.6 Å². The maximum absolute atomic E-state index is 5.35. The number of hydrazine groups is 1. The van der Waals surface area contributed by atoms with Crippen molar-refractivity contribution >= 4 is 5.96 Å². The van der Waals surface area contributed by atoms with Gasteiger partial charge in [-0.3, -0.25) is 10.4 Å². The summed E-state index contributed by atoms with van der Waals surface area (Å²) < 4.78 is 0. The molecule has 0 aromatic rings. The maximum atomic E-state index is 5.35. The number of nitrogens with one attached hydrogen (secondary N) is 2. The van der Waals surface area contributed by atoms with E-state index in [0.717, 1.165) is 0 Å². The summed E-state index contributed by atoms with van der Waals surface area (Å²) in [7, 11) is 1.73. The Morgan fingerprint density at radius 1 is 1.43 bits per heavy atom. The summed E-state index contributed by atoms with van der Waals surface area (Å²) >= 11 is 0. The largest absolute Gasteiger partial charge is 0.352 e. The van der Waals surface area contributed by atoms with E-state index in [1.807, 2.05) is 0 Å². The molecule has 0 spiro atoms. The van der Waals surface area contributed by atoms with Crippen LogP contribution in [0.15, 0.2) is 4.99 Å². The maximum Gasteiger partial charge on any atom is 0.205 e. The normalized spacial score (nSPS) is 27.1. The predicted molar refractivity (Wildman–Crippen MR) is 59.9 cm³/mol. The molecule has 14 heavy (non-hydrogen) atoms. The second kappa shape index (κ2) is 4.64. The van der Waals surface area contributed by atoms with Crippen molar-refractivity contribution in [3.63, 3.8) is 0 Å². The molecule has 1 fully saturated rings. The molecule has 4 N–H and O–H groups in total. The summed E-state index contributed by atoms with van der Waals surface area (Å²) in [5, 5.41) is 3.36. The molecule has 0 bridgehead atoms. The number of hydrogen-bond acceptors (Lipinski definition) is 2. The van der Waals surface area contributed by atoms with Crippen LogP contribution in [0.2, 0.25) is 0 Å². The van der Waals surface area contributed by atoms with Crippen LogP contribution in [0.1, 0.15) is 39.5 Å². The van der Waals surface area contributed by atoms with Gasteiger partial charge in [0.1, 0.15) is 0 Å². The van der Waals surface area contributed by atoms with E-state index < -0.39 is 0 Å². The third kappa shape index (κ3) is 2.61. The van der Waals surface area contributed by atoms with Gasteiger partial charge in [-0.25, -0.2) is 5.84 Å². The molecule has 4 heteroatoms. The van der Waals surface area contributed by atoms with Gasteiger partial charge in [-0.1, -0.05) is 26.7 Å². The van der Waals surface area contributed by atoms with Crippen molar-refractivity contribution in [2.75, 3.05) is 7.05 Å². The van der Waals surface area contributed by atoms with E-state index in [0.29, 0.717) is 17.4 Å². The highest BCUT2D eigenvalue weighted by molar-refractivity contribution is 5.79. The molecule has 1 aliphatic carbocycles. The smallest absolute Gasteiger partial charge is 0.205 e. The molecule has 0 aliphatic heterocycles. The second-order valence-electron chi connectivity index (χ2n) is 4.65. The Kier molecular flexibility index (Phi) is 3.75. The first-order chi connectivity index (χ1) is 6.60. The highest BCUT2D eigenvalue weighted by Crippen LogP contribution is 2.35. The van der Waals surface area contributed by atoms with Crippen LogP contribution in [-0.2, 0) is 0 Å². The number of rotatable bonds is 1. The molecule has 1 saturated carbocycles. The fourth-order valence-corrected chi connectivity index (χ4v) is 2.10. The van der Waals surface area contributed by atoms with Crippen LogP contribution in [0, 0.1) is 5.41 Å². The van der Waals surface area contributed by atoms with Crippen molar-refractivity contribution in [1.29, 1.82) is 0 Å². The molecule has 1 rings (SSSR count). The summed E-state index contributed by atoms with van der Waals surface area (Å²) in [5.74, 6) is 6.03. The molecular formula is C10H22N4. The quantitative estimate of drug-likeness (QED) is 0.255. The zero-order valence-corrected chi connectivity index (χ0v) is 9.43. The third-order valence-corrected chi connectivity index (χ3v) is 3.18. The molecular weight excluding hydrogens is 176 g/mol. The molecule has 1 unspecified atom stereocenters. The number of guanidine groups is 1. The average Bonchev–Trinajstić information content (AvgIpc) is 2.16. The first-order valence-corrected chi connectivity index (χ1v) is 5.30. The lowest BCUT2D eigenvalue weighted by molar-refractivity contribution is 0.185. The van der Waals surface area contributed by atoms with Gasteiger partial charge in [0.25, 0.3) is 0 Å². The van der Waals surface area contributed by atoms with Crippen molar-refractivity contribution in [3.05, 3.63) is 0 Å². The Morgan fingerprint density at radius 2 is 2.14 bits per heavy atom. The predicted octanol–water partition coefficient (Wildman–Crippen LogP) is 0.994. The Morgan fingerprint density at radius 3 is 2.64 bits per heavy atom. The highest BCUT2D eigenvalue weighted by atomic mass is 15.3. The van der Waals surface area contributed by atoms with E-state index in [-0.39, 0.29) is 0 Å². The zero-order chi connectivity index (χ0) is 10.6. The van der Waals surface area contributed by atoms with Crippen LogP contribution < -0.4 is 16.6 Å². The molecule has 1 atom stereocenters. The number of nitrogens with zero attached hydrogens (tertiary/aromatic N) is 1. The van der Waals surface area contributed by atoms with Crippen molar-refractivity contribution in [3.8, 4) is 0 Å². The Hall–Kier alpha value is -0.770. The fraction of sp³-hybridized carbons (Fsp3) is 0.900. The van der Waals surface area contributed by atoms with Gasteiger partial charge >= 0.3 is 0 Å². The lowest BCUT2D eigenvalue weighted by Gasteiger charge is -2.39. The van der Waals surface area contributed by atoms with Crippen molar-refractivity contribution < 1.29 is 0 Å². The second-order valence-corrected chi connectivity index (χ2v) is 4.65. The molecule has 0 saturated heterocycles. The van der Waals surface area contributed by atoms with Crippen LogP contribution in [0.4, 0.5) is 0 Å². The minimum absolute atomic E-state index is 0.338. The van der Waals surface area contributed by atoms with Gasteiger partial charge in [0.2, 0.25) is 5.96 Å². The van der Waals surface area contributed by atoms with Crippen molar-refractivity contribution in [2.45, 2.75) is 45.6 Å². The lowest BCUT2D eigenvalue weighted by Crippen LogP contribution is -2.52. The van der Waals surface area contributed by atoms with Gasteiger partial charge in [0.15, 0.2) is 0 Å². The third-order valence-electron chi connectivity index (χ3n) is 3.18. The Bertz CT molecular complexity index is 210. The molecule has 1 aliphatic rings. The van der Waals surface area contributed by atoms with E-state index in [1.54, 1.807) is 7.05 Å². The SMILES string of the molecule is CN=C(NN)NC1CCCCC1(C)C. The molecule has 0 aromatic heterocycles. The summed E-state index contributed by atoms with van der Waals surface area (Å²) in [6.07, 6.45) is 5.10. The van der Waals surface area contributed by atoms with Gasteiger partial charge in [-0.15, -0.1) is 0 Å². The molecule has 82 valence electrons. The molecule has 0 radical (unpaired) electrons. The average molecular weight is 198 g/mol. The fourth-order valence-electron chi connectivity index (χ4n) is 2.10. The molecule has 0 heterocycles. The van der Waals surface area contributed by atoms with Crippen LogP contribution in [0.5, 0.6) is 0 Å². The first kappa shape index (κ1) is 11.3. The van der Waals surface area contributed by atoms with Gasteiger partial charge in [0.05, 0.1) is 0 Å². The zero-order valence-electron chi connectivity index (χ0n) is 9.43. The molecule has 4 nitrogen and oxygen atoms in total. The van der Waals surface area contributed by atoms with E-state index in [9.17, 15) is 0 Å². The summed E-state index contributed by atoms with van der Waals surface area (Å²) in [5.41, 5.74) is 2.91. The summed E-state index contributed by atoms with van der Waals surface area (Å²) in [6.45, 7) is 4.60. The Balaban J connectivity index is 2.57. The van der Waals surface area contributed by atoms with E-state index >= 15 is 0 Å². The van der Waals surface area contributed by atoms with Gasteiger partial charge in [-0.2, -0.15) is 0 Å². The molecule has 0 aromatic carbocycles. The number of nitrogens with two attached hydrogens (primary N) is 1. The highest BCUT2D eigenvalue weighted by Gasteiger charge is 2.32. The lowest BCUT2D eigenvalue weighted by atomic mass is 9.73. The monoisotopic (exact) mass is 198 g/mol. The van der Waals surface area contributed by atoms with E-state index in [1.165, 1.54) is 25.7 Å². The van der Waals surface area contributed by atoms with Crippen LogP contribution >= 0.6 is 0 Å². The topological polar surface area (TPSA) is 62.4 Å². The first-order valence-electron chi connectivity index (χ1n) is 5.30. The van der Waals surface area contributed by atoms with Crippen LogP contribution in [0.3, 0.4) is 0 Å². The van der Waals surface area contributed by atoms with Crippen LogP contribution in [-0.4, -0.2) is 19.0 Å². The Labute approximate surface area is 86.3 Å². The number of aliphatic imine (C=N–C) groups is 1. The molecule has 0 amide bonds. The summed E-state index contributed by atoms with van der Waals surface area (Å²) in [6, 6.07) is 0.478. The minimum Gasteiger partial charge on any atom is -0.352 e. The van der Waals surface area contributed by atoms with Gasteiger partial charge in [-0.05, 0) is 18.3 Å².